The number of aliphatic hydroxyl groups excluding tert-OH is 1. The highest BCUT2D eigenvalue weighted by molar-refractivity contribution is 5.60. The van der Waals surface area contributed by atoms with Crippen molar-refractivity contribution in [1.29, 1.82) is 0 Å². The molecule has 0 saturated heterocycles. The average molecular weight is 359 g/mol. The molecule has 0 radical (unpaired) electrons. The largest absolute Gasteiger partial charge is 0.507 e. The predicted molar refractivity (Wildman–Crippen MR) is 107 cm³/mol. The first-order chi connectivity index (χ1) is 12.5. The van der Waals surface area contributed by atoms with E-state index in [0.717, 1.165) is 42.6 Å². The summed E-state index contributed by atoms with van der Waals surface area (Å²) < 4.78 is 6.37. The number of benzene rings is 1. The third-order valence-electron chi connectivity index (χ3n) is 6.28. The maximum Gasteiger partial charge on any atom is 0.127 e. The molecule has 0 bridgehead atoms. The third-order valence-corrected chi connectivity index (χ3v) is 6.28. The number of unbranched alkanes of at least 4 members (excludes halogenated alkanes) is 3. The molecule has 3 nitrogen and oxygen atoms in total. The number of hydrogen-bond donors (Lipinski definition) is 2. The van der Waals surface area contributed by atoms with Crippen molar-refractivity contribution < 1.29 is 14.9 Å². The minimum Gasteiger partial charge on any atom is -0.507 e. The van der Waals surface area contributed by atoms with Crippen molar-refractivity contribution in [2.45, 2.75) is 77.2 Å². The first kappa shape index (κ1) is 19.3. The van der Waals surface area contributed by atoms with Crippen molar-refractivity contribution in [2.75, 3.05) is 6.61 Å². The van der Waals surface area contributed by atoms with E-state index in [1.165, 1.54) is 19.3 Å². The Morgan fingerprint density at radius 3 is 2.77 bits per heavy atom. The van der Waals surface area contributed by atoms with Crippen LogP contribution in [0, 0.1) is 11.8 Å². The monoisotopic (exact) mass is 358 g/mol. The van der Waals surface area contributed by atoms with Gasteiger partial charge in [0.1, 0.15) is 17.1 Å². The van der Waals surface area contributed by atoms with Crippen molar-refractivity contribution in [3.05, 3.63) is 29.3 Å². The number of fused-ring (bicyclic) bond motifs is 3. The molecule has 1 aliphatic heterocycles. The van der Waals surface area contributed by atoms with E-state index >= 15 is 0 Å². The van der Waals surface area contributed by atoms with Gasteiger partial charge in [-0.3, -0.25) is 0 Å². The maximum atomic E-state index is 10.8. The molecule has 1 aromatic rings. The second-order valence-corrected chi connectivity index (χ2v) is 8.63. The Balaban J connectivity index is 1.87. The van der Waals surface area contributed by atoms with E-state index in [2.05, 4.69) is 39.0 Å². The molecule has 3 atom stereocenters. The molecule has 1 saturated carbocycles. The fourth-order valence-corrected chi connectivity index (χ4v) is 4.85. The number of hydrogen-bond acceptors (Lipinski definition) is 3. The SMILES string of the molecule is CCCCC/C=C\c1cc(O)c2c(c1)OC(C)(C)[C@@H]1CC[C@@H](CO)C[C@@H]21. The molecule has 1 fully saturated rings. The Morgan fingerprint density at radius 1 is 1.23 bits per heavy atom. The van der Waals surface area contributed by atoms with E-state index in [9.17, 15) is 10.2 Å². The van der Waals surface area contributed by atoms with E-state index in [4.69, 9.17) is 4.74 Å². The van der Waals surface area contributed by atoms with Gasteiger partial charge in [-0.05, 0) is 75.5 Å². The lowest BCUT2D eigenvalue weighted by Crippen LogP contribution is -2.47. The van der Waals surface area contributed by atoms with Crippen LogP contribution in [0.4, 0.5) is 0 Å². The molecule has 1 heterocycles. The van der Waals surface area contributed by atoms with Gasteiger partial charge in [-0.1, -0.05) is 31.9 Å². The summed E-state index contributed by atoms with van der Waals surface area (Å²) in [6.07, 6.45) is 12.1. The summed E-state index contributed by atoms with van der Waals surface area (Å²) in [4.78, 5) is 0. The van der Waals surface area contributed by atoms with Gasteiger partial charge < -0.3 is 14.9 Å². The van der Waals surface area contributed by atoms with Gasteiger partial charge in [0, 0.05) is 18.1 Å². The van der Waals surface area contributed by atoms with Crippen LogP contribution in [0.25, 0.3) is 6.08 Å². The lowest BCUT2D eigenvalue weighted by Gasteiger charge is -2.49. The molecule has 3 rings (SSSR count). The van der Waals surface area contributed by atoms with Gasteiger partial charge >= 0.3 is 0 Å². The zero-order chi connectivity index (χ0) is 18.7. The molecule has 0 spiro atoms. The molecule has 1 aliphatic carbocycles. The van der Waals surface area contributed by atoms with E-state index in [-0.39, 0.29) is 18.1 Å². The highest BCUT2D eigenvalue weighted by atomic mass is 16.5. The van der Waals surface area contributed by atoms with Gasteiger partial charge in [0.25, 0.3) is 0 Å². The van der Waals surface area contributed by atoms with Crippen molar-refractivity contribution >= 4 is 6.08 Å². The highest BCUT2D eigenvalue weighted by Gasteiger charge is 2.47. The molecular formula is C23H34O3. The normalized spacial score (nSPS) is 27.0. The van der Waals surface area contributed by atoms with Crippen molar-refractivity contribution in [1.82, 2.24) is 0 Å². The van der Waals surface area contributed by atoms with Crippen molar-refractivity contribution in [2.24, 2.45) is 11.8 Å². The summed E-state index contributed by atoms with van der Waals surface area (Å²) >= 11 is 0. The Bertz CT molecular complexity index is 647. The number of aliphatic hydroxyl groups is 1. The molecule has 0 unspecified atom stereocenters. The van der Waals surface area contributed by atoms with Gasteiger partial charge in [-0.2, -0.15) is 0 Å². The molecule has 144 valence electrons. The van der Waals surface area contributed by atoms with Gasteiger partial charge in [0.15, 0.2) is 0 Å². The minimum absolute atomic E-state index is 0.235. The summed E-state index contributed by atoms with van der Waals surface area (Å²) in [5.74, 6) is 2.15. The van der Waals surface area contributed by atoms with Gasteiger partial charge in [-0.25, -0.2) is 0 Å². The summed E-state index contributed by atoms with van der Waals surface area (Å²) in [6, 6.07) is 3.95. The topological polar surface area (TPSA) is 49.7 Å². The van der Waals surface area contributed by atoms with Gasteiger partial charge in [0.05, 0.1) is 0 Å². The van der Waals surface area contributed by atoms with Crippen LogP contribution in [0.5, 0.6) is 11.5 Å². The number of rotatable bonds is 6. The maximum absolute atomic E-state index is 10.8. The van der Waals surface area contributed by atoms with Crippen LogP contribution in [0.15, 0.2) is 18.2 Å². The Morgan fingerprint density at radius 2 is 2.04 bits per heavy atom. The molecular weight excluding hydrogens is 324 g/mol. The fourth-order valence-electron chi connectivity index (χ4n) is 4.85. The zero-order valence-electron chi connectivity index (χ0n) is 16.5. The summed E-state index contributed by atoms with van der Waals surface area (Å²) in [5.41, 5.74) is 1.71. The number of phenolic OH excluding ortho intramolecular Hbond substituents is 1. The first-order valence-corrected chi connectivity index (χ1v) is 10.3. The number of phenols is 1. The molecule has 0 amide bonds. The average Bonchev–Trinajstić information content (AvgIpc) is 2.60. The quantitative estimate of drug-likeness (QED) is 0.646. The smallest absolute Gasteiger partial charge is 0.127 e. The Kier molecular flexibility index (Phi) is 5.96. The molecule has 0 aromatic heterocycles. The second-order valence-electron chi connectivity index (χ2n) is 8.63. The van der Waals surface area contributed by atoms with Crippen LogP contribution in [0.1, 0.15) is 82.8 Å². The summed E-state index contributed by atoms with van der Waals surface area (Å²) in [7, 11) is 0. The molecule has 1 aromatic carbocycles. The highest BCUT2D eigenvalue weighted by Crippen LogP contribution is 2.55. The summed E-state index contributed by atoms with van der Waals surface area (Å²) in [6.45, 7) is 6.78. The van der Waals surface area contributed by atoms with Crippen LogP contribution < -0.4 is 4.74 Å². The standard InChI is InChI=1S/C23H34O3/c1-4-5-6-7-8-9-16-13-20(25)22-18-12-17(15-24)10-11-19(18)23(2,3)26-21(22)14-16/h8-9,13-14,17-19,24-25H,4-7,10-12,15H2,1-3H3/b9-8-/t17-,18-,19-/m1/s1. The number of ether oxygens (including phenoxy) is 1. The lowest BCUT2D eigenvalue weighted by molar-refractivity contribution is -0.0210. The third kappa shape index (κ3) is 3.93. The molecule has 26 heavy (non-hydrogen) atoms. The van der Waals surface area contributed by atoms with Crippen LogP contribution in [-0.4, -0.2) is 22.4 Å². The van der Waals surface area contributed by atoms with Crippen LogP contribution in [-0.2, 0) is 0 Å². The number of aromatic hydroxyl groups is 1. The van der Waals surface area contributed by atoms with Crippen LogP contribution >= 0.6 is 0 Å². The van der Waals surface area contributed by atoms with Crippen LogP contribution in [0.3, 0.4) is 0 Å². The Labute approximate surface area is 158 Å². The minimum atomic E-state index is -0.242. The van der Waals surface area contributed by atoms with Crippen molar-refractivity contribution in [3.8, 4) is 11.5 Å². The summed E-state index contributed by atoms with van der Waals surface area (Å²) in [5, 5.41) is 20.4. The van der Waals surface area contributed by atoms with E-state index in [1.54, 1.807) is 0 Å². The zero-order valence-corrected chi connectivity index (χ0v) is 16.5. The first-order valence-electron chi connectivity index (χ1n) is 10.3. The van der Waals surface area contributed by atoms with Gasteiger partial charge in [-0.15, -0.1) is 0 Å². The number of allylic oxidation sites excluding steroid dienone is 1. The van der Waals surface area contributed by atoms with E-state index < -0.39 is 0 Å². The van der Waals surface area contributed by atoms with Crippen molar-refractivity contribution in [3.63, 3.8) is 0 Å². The lowest BCUT2D eigenvalue weighted by atomic mass is 9.64. The van der Waals surface area contributed by atoms with E-state index in [1.807, 2.05) is 6.07 Å². The van der Waals surface area contributed by atoms with E-state index in [0.29, 0.717) is 17.6 Å². The predicted octanol–water partition coefficient (Wildman–Crippen LogP) is 5.65. The molecule has 2 N–H and O–H groups in total. The fraction of sp³-hybridized carbons (Fsp3) is 0.652. The van der Waals surface area contributed by atoms with Gasteiger partial charge in [0.2, 0.25) is 0 Å². The van der Waals surface area contributed by atoms with Crippen LogP contribution in [0.2, 0.25) is 0 Å². The molecule has 2 aliphatic rings. The molecule has 3 heteroatoms. The Hall–Kier alpha value is -1.48. The second kappa shape index (κ2) is 8.04.